The van der Waals surface area contributed by atoms with Gasteiger partial charge in [0.1, 0.15) is 5.75 Å². The molecule has 0 aromatic heterocycles. The molecular formula is C38H28N2O. The summed E-state index contributed by atoms with van der Waals surface area (Å²) >= 11 is 0. The average molecular weight is 529 g/mol. The molecule has 2 N–H and O–H groups in total. The van der Waals surface area contributed by atoms with Gasteiger partial charge in [0, 0.05) is 22.7 Å². The summed E-state index contributed by atoms with van der Waals surface area (Å²) in [5, 5.41) is 0. The third-order valence-corrected chi connectivity index (χ3v) is 8.72. The van der Waals surface area contributed by atoms with Gasteiger partial charge in [-0.3, -0.25) is 0 Å². The Labute approximate surface area is 240 Å². The molecule has 0 saturated heterocycles. The molecule has 0 atom stereocenters. The molecule has 6 aromatic rings. The fraction of sp³-hybridized carbons (Fsp3) is 0.0526. The molecule has 1 spiro atoms. The van der Waals surface area contributed by atoms with Crippen molar-refractivity contribution in [3.8, 4) is 28.0 Å². The smallest absolute Gasteiger partial charge is 0.119 e. The van der Waals surface area contributed by atoms with Crippen LogP contribution in [-0.4, -0.2) is 7.11 Å². The van der Waals surface area contributed by atoms with Crippen molar-refractivity contribution >= 4 is 22.7 Å². The van der Waals surface area contributed by atoms with Crippen molar-refractivity contribution in [3.63, 3.8) is 0 Å². The summed E-state index contributed by atoms with van der Waals surface area (Å²) in [6, 6.07) is 50.0. The lowest BCUT2D eigenvalue weighted by Gasteiger charge is -2.32. The minimum absolute atomic E-state index is 0.387. The van der Waals surface area contributed by atoms with E-state index in [1.165, 1.54) is 44.5 Å². The van der Waals surface area contributed by atoms with E-state index in [4.69, 9.17) is 10.5 Å². The van der Waals surface area contributed by atoms with Crippen molar-refractivity contribution in [3.05, 3.63) is 162 Å². The lowest BCUT2D eigenvalue weighted by Crippen LogP contribution is -2.26. The highest BCUT2D eigenvalue weighted by molar-refractivity contribution is 5.96. The normalized spacial score (nSPS) is 13.3. The fourth-order valence-corrected chi connectivity index (χ4v) is 7.02. The number of nitrogen functional groups attached to an aromatic ring is 1. The number of benzene rings is 6. The maximum atomic E-state index is 6.10. The van der Waals surface area contributed by atoms with Crippen molar-refractivity contribution in [1.29, 1.82) is 0 Å². The second-order valence-electron chi connectivity index (χ2n) is 10.7. The summed E-state index contributed by atoms with van der Waals surface area (Å²) in [5.74, 6) is 0.827. The minimum Gasteiger partial charge on any atom is -0.497 e. The van der Waals surface area contributed by atoms with Gasteiger partial charge in [-0.2, -0.15) is 0 Å². The molecule has 0 amide bonds. The molecule has 196 valence electrons. The van der Waals surface area contributed by atoms with Crippen molar-refractivity contribution < 1.29 is 4.74 Å². The Morgan fingerprint density at radius 2 is 0.927 bits per heavy atom. The van der Waals surface area contributed by atoms with Gasteiger partial charge in [-0.15, -0.1) is 0 Å². The second kappa shape index (κ2) is 8.87. The van der Waals surface area contributed by atoms with Crippen molar-refractivity contribution in [2.75, 3.05) is 17.7 Å². The number of ether oxygens (including phenoxy) is 1. The summed E-state index contributed by atoms with van der Waals surface area (Å²) in [6.07, 6.45) is 0. The monoisotopic (exact) mass is 528 g/mol. The third-order valence-electron chi connectivity index (χ3n) is 8.72. The topological polar surface area (TPSA) is 38.5 Å². The molecule has 3 heteroatoms. The van der Waals surface area contributed by atoms with Gasteiger partial charge in [0.05, 0.1) is 12.5 Å². The van der Waals surface area contributed by atoms with Gasteiger partial charge in [0.2, 0.25) is 0 Å². The Bertz CT molecular complexity index is 1880. The molecule has 8 rings (SSSR count). The summed E-state index contributed by atoms with van der Waals surface area (Å²) in [5.41, 5.74) is 20.2. The molecular weight excluding hydrogens is 500 g/mol. The number of nitrogens with zero attached hydrogens (tertiary/aromatic N) is 1. The summed E-state index contributed by atoms with van der Waals surface area (Å²) in [4.78, 5) is 2.29. The quantitative estimate of drug-likeness (QED) is 0.232. The van der Waals surface area contributed by atoms with E-state index < -0.39 is 0 Å². The van der Waals surface area contributed by atoms with Gasteiger partial charge >= 0.3 is 0 Å². The molecule has 2 aliphatic rings. The van der Waals surface area contributed by atoms with Crippen LogP contribution in [0.25, 0.3) is 22.3 Å². The SMILES string of the molecule is COc1ccc(N(c2ccc(N)cc2)c2ccc3c(c2)C2(c4ccccc4-c4ccccc42)c2ccccc2-3)cc1. The highest BCUT2D eigenvalue weighted by atomic mass is 16.5. The van der Waals surface area contributed by atoms with E-state index in [9.17, 15) is 0 Å². The molecule has 0 bridgehead atoms. The van der Waals surface area contributed by atoms with E-state index in [2.05, 4.69) is 120 Å². The zero-order chi connectivity index (χ0) is 27.6. The largest absolute Gasteiger partial charge is 0.497 e. The standard InChI is InChI=1S/C38H28N2O/c1-41-29-21-18-27(19-22-29)40(26-16-14-25(39)15-17-26)28-20-23-33-32-10-4-7-13-36(32)38(37(33)24-28)34-11-5-2-8-30(34)31-9-3-6-12-35(31)38/h2-24H,39H2,1H3. The van der Waals surface area contributed by atoms with Crippen LogP contribution in [0.1, 0.15) is 22.3 Å². The Hall–Kier alpha value is -5.28. The number of hydrogen-bond acceptors (Lipinski definition) is 3. The number of hydrogen-bond donors (Lipinski definition) is 1. The van der Waals surface area contributed by atoms with Crippen LogP contribution < -0.4 is 15.4 Å². The predicted octanol–water partition coefficient (Wildman–Crippen LogP) is 9.09. The summed E-state index contributed by atoms with van der Waals surface area (Å²) in [6.45, 7) is 0. The molecule has 0 aliphatic heterocycles. The van der Waals surface area contributed by atoms with Crippen molar-refractivity contribution in [2.45, 2.75) is 5.41 Å². The van der Waals surface area contributed by atoms with Crippen LogP contribution in [0.4, 0.5) is 22.7 Å². The van der Waals surface area contributed by atoms with Crippen LogP contribution in [-0.2, 0) is 5.41 Å². The molecule has 0 saturated carbocycles. The van der Waals surface area contributed by atoms with Crippen LogP contribution in [0.5, 0.6) is 5.75 Å². The first-order chi connectivity index (χ1) is 20.2. The molecule has 6 aromatic carbocycles. The zero-order valence-corrected chi connectivity index (χ0v) is 22.7. The molecule has 41 heavy (non-hydrogen) atoms. The number of fused-ring (bicyclic) bond motifs is 10. The number of rotatable bonds is 4. The van der Waals surface area contributed by atoms with Crippen LogP contribution in [0.3, 0.4) is 0 Å². The zero-order valence-electron chi connectivity index (χ0n) is 22.7. The first-order valence-electron chi connectivity index (χ1n) is 13.9. The van der Waals surface area contributed by atoms with Gasteiger partial charge in [-0.1, -0.05) is 78.9 Å². The van der Waals surface area contributed by atoms with Gasteiger partial charge in [-0.05, 0) is 105 Å². The van der Waals surface area contributed by atoms with E-state index in [1.54, 1.807) is 7.11 Å². The van der Waals surface area contributed by atoms with Gasteiger partial charge < -0.3 is 15.4 Å². The van der Waals surface area contributed by atoms with Gasteiger partial charge in [0.25, 0.3) is 0 Å². The highest BCUT2D eigenvalue weighted by Crippen LogP contribution is 2.63. The van der Waals surface area contributed by atoms with Gasteiger partial charge in [0.15, 0.2) is 0 Å². The third kappa shape index (κ3) is 3.26. The number of nitrogens with two attached hydrogens (primary N) is 1. The molecule has 0 fully saturated rings. The second-order valence-corrected chi connectivity index (χ2v) is 10.7. The van der Waals surface area contributed by atoms with E-state index in [0.29, 0.717) is 0 Å². The molecule has 0 unspecified atom stereocenters. The molecule has 0 radical (unpaired) electrons. The van der Waals surface area contributed by atoms with E-state index in [-0.39, 0.29) is 5.41 Å². The Balaban J connectivity index is 1.42. The summed E-state index contributed by atoms with van der Waals surface area (Å²) < 4.78 is 5.47. The van der Waals surface area contributed by atoms with Crippen LogP contribution >= 0.6 is 0 Å². The fourth-order valence-electron chi connectivity index (χ4n) is 7.02. The lowest BCUT2D eigenvalue weighted by atomic mass is 9.70. The maximum Gasteiger partial charge on any atom is 0.119 e. The van der Waals surface area contributed by atoms with E-state index in [0.717, 1.165) is 28.5 Å². The molecule has 2 aliphatic carbocycles. The molecule has 3 nitrogen and oxygen atoms in total. The van der Waals surface area contributed by atoms with Crippen molar-refractivity contribution in [2.24, 2.45) is 0 Å². The van der Waals surface area contributed by atoms with E-state index in [1.807, 2.05) is 24.3 Å². The van der Waals surface area contributed by atoms with Crippen molar-refractivity contribution in [1.82, 2.24) is 0 Å². The lowest BCUT2D eigenvalue weighted by molar-refractivity contribution is 0.415. The Morgan fingerprint density at radius 3 is 1.44 bits per heavy atom. The molecule has 0 heterocycles. The summed E-state index contributed by atoms with van der Waals surface area (Å²) in [7, 11) is 1.70. The van der Waals surface area contributed by atoms with E-state index >= 15 is 0 Å². The van der Waals surface area contributed by atoms with Crippen LogP contribution in [0, 0.1) is 0 Å². The van der Waals surface area contributed by atoms with Gasteiger partial charge in [-0.25, -0.2) is 0 Å². The Kier molecular flexibility index (Phi) is 5.10. The number of anilines is 4. The minimum atomic E-state index is -0.387. The first-order valence-corrected chi connectivity index (χ1v) is 13.9. The highest BCUT2D eigenvalue weighted by Gasteiger charge is 2.51. The first kappa shape index (κ1) is 23.6. The maximum absolute atomic E-state index is 6.10. The van der Waals surface area contributed by atoms with Crippen LogP contribution in [0.15, 0.2) is 140 Å². The van der Waals surface area contributed by atoms with Crippen LogP contribution in [0.2, 0.25) is 0 Å². The average Bonchev–Trinajstić information content (AvgIpc) is 3.50. The Morgan fingerprint density at radius 1 is 0.488 bits per heavy atom. The predicted molar refractivity (Wildman–Crippen MR) is 168 cm³/mol. The number of methoxy groups -OCH3 is 1.